The molecule has 0 aliphatic heterocycles. The van der Waals surface area contributed by atoms with Gasteiger partial charge in [0, 0.05) is 18.5 Å². The molecule has 0 atom stereocenters. The van der Waals surface area contributed by atoms with Crippen molar-refractivity contribution in [2.45, 2.75) is 0 Å². The van der Waals surface area contributed by atoms with Gasteiger partial charge in [-0.05, 0) is 23.8 Å². The van der Waals surface area contributed by atoms with E-state index < -0.39 is 0 Å². The van der Waals surface area contributed by atoms with Crippen molar-refractivity contribution >= 4 is 23.0 Å². The summed E-state index contributed by atoms with van der Waals surface area (Å²) < 4.78 is 5.28. The number of likely N-dealkylation sites (N-methyl/N-ethyl adjacent to an activating group) is 1. The first-order valence-corrected chi connectivity index (χ1v) is 5.18. The third kappa shape index (κ3) is 2.37. The second-order valence-corrected chi connectivity index (χ2v) is 3.53. The van der Waals surface area contributed by atoms with E-state index in [1.165, 1.54) is 13.2 Å². The summed E-state index contributed by atoms with van der Waals surface area (Å²) in [6.45, 7) is 0. The number of hydrogen-bond acceptors (Lipinski definition) is 3. The Labute approximate surface area is 99.0 Å². The number of hydroxylamine groups is 2. The Balaban J connectivity index is 2.26. The van der Waals surface area contributed by atoms with Gasteiger partial charge >= 0.3 is 0 Å². The van der Waals surface area contributed by atoms with Crippen molar-refractivity contribution in [3.63, 3.8) is 0 Å². The minimum absolute atomic E-state index is 0.215. The summed E-state index contributed by atoms with van der Waals surface area (Å²) in [4.78, 5) is 16.3. The molecule has 0 aliphatic carbocycles. The maximum atomic E-state index is 11.5. The maximum absolute atomic E-state index is 11.5. The summed E-state index contributed by atoms with van der Waals surface area (Å²) in [5.74, 6) is -0.215. The van der Waals surface area contributed by atoms with Crippen molar-refractivity contribution in [1.82, 2.24) is 5.06 Å². The normalized spacial score (nSPS) is 11.2. The molecule has 2 aromatic rings. The van der Waals surface area contributed by atoms with Gasteiger partial charge in [-0.15, -0.1) is 0 Å². The Morgan fingerprint density at radius 2 is 2.24 bits per heavy atom. The Hall–Kier alpha value is -2.07. The van der Waals surface area contributed by atoms with Gasteiger partial charge in [0.1, 0.15) is 5.58 Å². The molecule has 17 heavy (non-hydrogen) atoms. The lowest BCUT2D eigenvalue weighted by molar-refractivity contribution is -0.162. The monoisotopic (exact) mass is 231 g/mol. The predicted octanol–water partition coefficient (Wildman–Crippen LogP) is 2.47. The van der Waals surface area contributed by atoms with Crippen LogP contribution in [0.4, 0.5) is 0 Å². The van der Waals surface area contributed by atoms with Crippen LogP contribution in [0.15, 0.2) is 41.0 Å². The Kier molecular flexibility index (Phi) is 3.25. The van der Waals surface area contributed by atoms with E-state index in [1.807, 2.05) is 24.3 Å². The second-order valence-electron chi connectivity index (χ2n) is 3.53. The SMILES string of the molecule is CON(C)C(=O)C=Cc1cccc2occc12. The van der Waals surface area contributed by atoms with Gasteiger partial charge in [-0.1, -0.05) is 12.1 Å². The van der Waals surface area contributed by atoms with E-state index in [9.17, 15) is 4.79 Å². The van der Waals surface area contributed by atoms with Crippen molar-refractivity contribution in [2.24, 2.45) is 0 Å². The maximum Gasteiger partial charge on any atom is 0.269 e. The van der Waals surface area contributed by atoms with Crippen molar-refractivity contribution in [1.29, 1.82) is 0 Å². The molecule has 0 radical (unpaired) electrons. The van der Waals surface area contributed by atoms with Crippen LogP contribution in [0.3, 0.4) is 0 Å². The van der Waals surface area contributed by atoms with E-state index >= 15 is 0 Å². The average Bonchev–Trinajstić information content (AvgIpc) is 2.83. The summed E-state index contributed by atoms with van der Waals surface area (Å²) in [5.41, 5.74) is 1.74. The van der Waals surface area contributed by atoms with Crippen LogP contribution >= 0.6 is 0 Å². The fraction of sp³-hybridized carbons (Fsp3) is 0.154. The first-order valence-electron chi connectivity index (χ1n) is 5.18. The van der Waals surface area contributed by atoms with Gasteiger partial charge < -0.3 is 4.42 Å². The van der Waals surface area contributed by atoms with Crippen molar-refractivity contribution in [3.05, 3.63) is 42.2 Å². The molecule has 0 spiro atoms. The third-order valence-corrected chi connectivity index (χ3v) is 2.52. The summed E-state index contributed by atoms with van der Waals surface area (Å²) in [7, 11) is 3.01. The van der Waals surface area contributed by atoms with E-state index in [-0.39, 0.29) is 5.91 Å². The summed E-state index contributed by atoms with van der Waals surface area (Å²) in [5, 5.41) is 2.14. The molecule has 4 heteroatoms. The topological polar surface area (TPSA) is 42.7 Å². The van der Waals surface area contributed by atoms with Crippen LogP contribution in [0.1, 0.15) is 5.56 Å². The quantitative estimate of drug-likeness (QED) is 0.602. The summed E-state index contributed by atoms with van der Waals surface area (Å²) in [6.07, 6.45) is 4.84. The molecular weight excluding hydrogens is 218 g/mol. The largest absolute Gasteiger partial charge is 0.464 e. The predicted molar refractivity (Wildman–Crippen MR) is 65.0 cm³/mol. The lowest BCUT2D eigenvalue weighted by Crippen LogP contribution is -2.22. The van der Waals surface area contributed by atoms with E-state index in [4.69, 9.17) is 9.25 Å². The highest BCUT2D eigenvalue weighted by Crippen LogP contribution is 2.20. The number of carbonyl (C=O) groups excluding carboxylic acids is 1. The fourth-order valence-electron chi connectivity index (χ4n) is 1.52. The van der Waals surface area contributed by atoms with Crippen LogP contribution in [0.5, 0.6) is 0 Å². The number of benzene rings is 1. The molecule has 0 unspecified atom stereocenters. The first kappa shape index (κ1) is 11.4. The molecule has 0 bridgehead atoms. The van der Waals surface area contributed by atoms with E-state index in [1.54, 1.807) is 19.4 Å². The second kappa shape index (κ2) is 4.84. The zero-order chi connectivity index (χ0) is 12.3. The minimum atomic E-state index is -0.215. The van der Waals surface area contributed by atoms with Crippen LogP contribution in [0.25, 0.3) is 17.0 Å². The highest BCUT2D eigenvalue weighted by Gasteiger charge is 2.04. The van der Waals surface area contributed by atoms with Crippen LogP contribution in [-0.4, -0.2) is 25.1 Å². The number of nitrogens with zero attached hydrogens (tertiary/aromatic N) is 1. The minimum Gasteiger partial charge on any atom is -0.464 e. The van der Waals surface area contributed by atoms with Gasteiger partial charge in [0.2, 0.25) is 0 Å². The average molecular weight is 231 g/mol. The molecule has 2 rings (SSSR count). The molecule has 1 amide bonds. The van der Waals surface area contributed by atoms with Crippen LogP contribution in [0, 0.1) is 0 Å². The lowest BCUT2D eigenvalue weighted by Gasteiger charge is -2.09. The zero-order valence-corrected chi connectivity index (χ0v) is 9.71. The Bertz CT molecular complexity index is 557. The molecule has 0 fully saturated rings. The van der Waals surface area contributed by atoms with Gasteiger partial charge in [-0.25, -0.2) is 5.06 Å². The standard InChI is InChI=1S/C13H13NO3/c1-14(16-2)13(15)7-6-10-4-3-5-12-11(10)8-9-17-12/h3-9H,1-2H3. The summed E-state index contributed by atoms with van der Waals surface area (Å²) >= 11 is 0. The smallest absolute Gasteiger partial charge is 0.269 e. The number of furan rings is 1. The summed E-state index contributed by atoms with van der Waals surface area (Å²) in [6, 6.07) is 7.57. The van der Waals surface area contributed by atoms with Crippen molar-refractivity contribution in [2.75, 3.05) is 14.2 Å². The van der Waals surface area contributed by atoms with E-state index in [0.717, 1.165) is 21.6 Å². The fourth-order valence-corrected chi connectivity index (χ4v) is 1.52. The molecule has 0 aliphatic rings. The molecule has 4 nitrogen and oxygen atoms in total. The van der Waals surface area contributed by atoms with E-state index in [2.05, 4.69) is 0 Å². The van der Waals surface area contributed by atoms with Gasteiger partial charge in [-0.3, -0.25) is 9.63 Å². The Morgan fingerprint density at radius 1 is 1.41 bits per heavy atom. The van der Waals surface area contributed by atoms with E-state index in [0.29, 0.717) is 0 Å². The number of hydrogen-bond donors (Lipinski definition) is 0. The number of carbonyl (C=O) groups is 1. The van der Waals surface area contributed by atoms with Gasteiger partial charge in [-0.2, -0.15) is 0 Å². The molecule has 88 valence electrons. The molecule has 0 N–H and O–H groups in total. The van der Waals surface area contributed by atoms with Crippen LogP contribution in [-0.2, 0) is 9.63 Å². The third-order valence-electron chi connectivity index (χ3n) is 2.52. The molecule has 1 aromatic carbocycles. The first-order chi connectivity index (χ1) is 8.22. The molecule has 1 aromatic heterocycles. The van der Waals surface area contributed by atoms with Crippen molar-refractivity contribution < 1.29 is 14.0 Å². The molecular formula is C13H13NO3. The highest BCUT2D eigenvalue weighted by atomic mass is 16.7. The highest BCUT2D eigenvalue weighted by molar-refractivity contribution is 5.95. The molecule has 0 saturated carbocycles. The Morgan fingerprint density at radius 3 is 3.00 bits per heavy atom. The molecule has 0 saturated heterocycles. The van der Waals surface area contributed by atoms with Gasteiger partial charge in [0.05, 0.1) is 13.4 Å². The molecule has 1 heterocycles. The van der Waals surface area contributed by atoms with Gasteiger partial charge in [0.25, 0.3) is 5.91 Å². The zero-order valence-electron chi connectivity index (χ0n) is 9.71. The van der Waals surface area contributed by atoms with Gasteiger partial charge in [0.15, 0.2) is 0 Å². The lowest BCUT2D eigenvalue weighted by atomic mass is 10.1. The number of amides is 1. The van der Waals surface area contributed by atoms with Crippen LogP contribution in [0.2, 0.25) is 0 Å². The van der Waals surface area contributed by atoms with Crippen LogP contribution < -0.4 is 0 Å². The van der Waals surface area contributed by atoms with Crippen molar-refractivity contribution in [3.8, 4) is 0 Å². The number of rotatable bonds is 3. The number of fused-ring (bicyclic) bond motifs is 1.